The number of anilines is 1. The maximum Gasteiger partial charge on any atom is 0.128 e. The summed E-state index contributed by atoms with van der Waals surface area (Å²) in [6, 6.07) is 4.29. The number of hydrogen-bond donors (Lipinski definition) is 1. The molecule has 1 N–H and O–H groups in total. The molecular weight excluding hydrogens is 326 g/mol. The highest BCUT2D eigenvalue weighted by Gasteiger charge is 2.13. The van der Waals surface area contributed by atoms with Crippen molar-refractivity contribution in [3.63, 3.8) is 0 Å². The van der Waals surface area contributed by atoms with Gasteiger partial charge in [0.2, 0.25) is 0 Å². The first-order valence-corrected chi connectivity index (χ1v) is 9.38. The minimum atomic E-state index is 0.686. The van der Waals surface area contributed by atoms with Crippen LogP contribution in [-0.4, -0.2) is 38.8 Å². The first-order valence-electron chi connectivity index (χ1n) is 9.38. The zero-order chi connectivity index (χ0) is 18.2. The van der Waals surface area contributed by atoms with Crippen molar-refractivity contribution in [2.75, 3.05) is 38.8 Å². The van der Waals surface area contributed by atoms with E-state index in [1.165, 1.54) is 24.8 Å². The van der Waals surface area contributed by atoms with E-state index in [0.29, 0.717) is 6.42 Å². The van der Waals surface area contributed by atoms with Crippen molar-refractivity contribution in [1.82, 2.24) is 10.3 Å². The summed E-state index contributed by atoms with van der Waals surface area (Å²) in [5, 5.41) is 3.53. The average molecular weight is 355 g/mol. The quantitative estimate of drug-likeness (QED) is 0.810. The van der Waals surface area contributed by atoms with E-state index in [9.17, 15) is 0 Å². The van der Waals surface area contributed by atoms with Crippen LogP contribution in [0.25, 0.3) is 0 Å². The molecule has 1 fully saturated rings. The van der Waals surface area contributed by atoms with Gasteiger partial charge < -0.3 is 19.7 Å². The van der Waals surface area contributed by atoms with Crippen molar-refractivity contribution >= 4 is 5.82 Å². The third-order valence-electron chi connectivity index (χ3n) is 4.92. The number of allylic oxidation sites excluding steroid dienone is 2. The van der Waals surface area contributed by atoms with Gasteiger partial charge in [-0.3, -0.25) is 0 Å². The molecule has 2 heterocycles. The molecule has 5 heteroatoms. The lowest BCUT2D eigenvalue weighted by Crippen LogP contribution is -2.30. The summed E-state index contributed by atoms with van der Waals surface area (Å²) in [6.07, 6.45) is 12.6. The molecular formula is C21H29N3O2. The highest BCUT2D eigenvalue weighted by Crippen LogP contribution is 2.21. The van der Waals surface area contributed by atoms with Crippen LogP contribution in [0.2, 0.25) is 0 Å². The summed E-state index contributed by atoms with van der Waals surface area (Å²) >= 11 is 0. The molecule has 1 aromatic heterocycles. The fraction of sp³-hybridized carbons (Fsp3) is 0.476. The van der Waals surface area contributed by atoms with E-state index in [1.54, 1.807) is 14.2 Å². The maximum atomic E-state index is 5.57. The number of rotatable bonds is 7. The van der Waals surface area contributed by atoms with Crippen LogP contribution >= 0.6 is 0 Å². The molecule has 0 aromatic carbocycles. The summed E-state index contributed by atoms with van der Waals surface area (Å²) in [5.41, 5.74) is 2.41. The van der Waals surface area contributed by atoms with Crippen molar-refractivity contribution in [1.29, 1.82) is 0 Å². The van der Waals surface area contributed by atoms with Crippen molar-refractivity contribution in [2.45, 2.75) is 32.2 Å². The van der Waals surface area contributed by atoms with Gasteiger partial charge in [0.05, 0.1) is 20.6 Å². The number of nitrogens with zero attached hydrogens (tertiary/aromatic N) is 2. The Bertz CT molecular complexity index is 688. The van der Waals surface area contributed by atoms with Crippen LogP contribution in [-0.2, 0) is 16.0 Å². The molecule has 3 rings (SSSR count). The highest BCUT2D eigenvalue weighted by atomic mass is 16.5. The molecule has 0 bridgehead atoms. The molecule has 26 heavy (non-hydrogen) atoms. The standard InChI is InChI=1S/C21H29N3O2/c1-25-19-8-6-7-18(20(14-19)26-2)16-22-15-17-9-10-23-21(13-17)24-11-4-3-5-12-24/h6-10,13,22H,3-5,11-12,14-16H2,1-2H3. The monoisotopic (exact) mass is 355 g/mol. The molecule has 0 saturated carbocycles. The lowest BCUT2D eigenvalue weighted by molar-refractivity contribution is 0.236. The first kappa shape index (κ1) is 18.5. The van der Waals surface area contributed by atoms with Gasteiger partial charge in [-0.2, -0.15) is 0 Å². The summed E-state index contributed by atoms with van der Waals surface area (Å²) in [4.78, 5) is 6.95. The van der Waals surface area contributed by atoms with Crippen molar-refractivity contribution < 1.29 is 9.47 Å². The van der Waals surface area contributed by atoms with E-state index >= 15 is 0 Å². The molecule has 0 atom stereocenters. The van der Waals surface area contributed by atoms with E-state index in [4.69, 9.17) is 9.47 Å². The minimum Gasteiger partial charge on any atom is -0.501 e. The minimum absolute atomic E-state index is 0.686. The van der Waals surface area contributed by atoms with Gasteiger partial charge in [-0.1, -0.05) is 12.2 Å². The summed E-state index contributed by atoms with van der Waals surface area (Å²) in [5.74, 6) is 2.96. The molecule has 140 valence electrons. The molecule has 0 spiro atoms. The van der Waals surface area contributed by atoms with Crippen LogP contribution in [0.1, 0.15) is 31.2 Å². The number of hydrogen-bond acceptors (Lipinski definition) is 5. The number of aromatic nitrogens is 1. The summed E-state index contributed by atoms with van der Waals surface area (Å²) in [6.45, 7) is 3.80. The number of methoxy groups -OCH3 is 2. The van der Waals surface area contributed by atoms with Crippen molar-refractivity contribution in [3.8, 4) is 0 Å². The lowest BCUT2D eigenvalue weighted by atomic mass is 10.1. The zero-order valence-corrected chi connectivity index (χ0v) is 15.8. The Balaban J connectivity index is 1.58. The Labute approximate surface area is 156 Å². The summed E-state index contributed by atoms with van der Waals surface area (Å²) in [7, 11) is 3.41. The lowest BCUT2D eigenvalue weighted by Gasteiger charge is -2.28. The fourth-order valence-electron chi connectivity index (χ4n) is 3.40. The number of nitrogens with one attached hydrogen (secondary N) is 1. The molecule has 0 amide bonds. The fourth-order valence-corrected chi connectivity index (χ4v) is 3.40. The molecule has 1 aliphatic carbocycles. The summed E-state index contributed by atoms with van der Waals surface area (Å²) < 4.78 is 10.9. The molecule has 2 aliphatic rings. The second-order valence-electron chi connectivity index (χ2n) is 6.70. The predicted molar refractivity (Wildman–Crippen MR) is 105 cm³/mol. The Morgan fingerprint density at radius 3 is 2.73 bits per heavy atom. The van der Waals surface area contributed by atoms with Gasteiger partial charge >= 0.3 is 0 Å². The Kier molecular flexibility index (Phi) is 6.72. The van der Waals surface area contributed by atoms with Crippen LogP contribution in [0.15, 0.2) is 53.6 Å². The maximum absolute atomic E-state index is 5.57. The van der Waals surface area contributed by atoms with Crippen LogP contribution in [0.4, 0.5) is 5.82 Å². The van der Waals surface area contributed by atoms with Gasteiger partial charge in [0.25, 0.3) is 0 Å². The third kappa shape index (κ3) is 4.88. The molecule has 0 radical (unpaired) electrons. The van der Waals surface area contributed by atoms with Gasteiger partial charge in [-0.15, -0.1) is 0 Å². The largest absolute Gasteiger partial charge is 0.501 e. The van der Waals surface area contributed by atoms with Crippen LogP contribution in [0, 0.1) is 0 Å². The second kappa shape index (κ2) is 9.43. The zero-order valence-electron chi connectivity index (χ0n) is 15.8. The molecule has 5 nitrogen and oxygen atoms in total. The first-order chi connectivity index (χ1) is 12.8. The van der Waals surface area contributed by atoms with Gasteiger partial charge in [-0.25, -0.2) is 4.98 Å². The molecule has 1 aliphatic heterocycles. The third-order valence-corrected chi connectivity index (χ3v) is 4.92. The van der Waals surface area contributed by atoms with E-state index in [0.717, 1.165) is 49.1 Å². The molecule has 0 unspecified atom stereocenters. The molecule has 1 aromatic rings. The average Bonchev–Trinajstić information content (AvgIpc) is 2.90. The SMILES string of the molecule is COC1=CC=CC(CNCc2ccnc(N3CCCCC3)c2)=C(OC)C1. The predicted octanol–water partition coefficient (Wildman–Crippen LogP) is 3.55. The topological polar surface area (TPSA) is 46.6 Å². The van der Waals surface area contributed by atoms with Gasteiger partial charge in [0, 0.05) is 37.9 Å². The Morgan fingerprint density at radius 2 is 1.96 bits per heavy atom. The van der Waals surface area contributed by atoms with Crippen molar-refractivity contribution in [3.05, 3.63) is 59.2 Å². The van der Waals surface area contributed by atoms with Crippen LogP contribution < -0.4 is 10.2 Å². The number of ether oxygens (including phenoxy) is 2. The molecule has 1 saturated heterocycles. The Morgan fingerprint density at radius 1 is 1.12 bits per heavy atom. The second-order valence-corrected chi connectivity index (χ2v) is 6.70. The smallest absolute Gasteiger partial charge is 0.128 e. The normalized spacial score (nSPS) is 17.8. The van der Waals surface area contributed by atoms with Crippen molar-refractivity contribution in [2.24, 2.45) is 0 Å². The number of pyridine rings is 1. The van der Waals surface area contributed by atoms with E-state index in [1.807, 2.05) is 18.3 Å². The van der Waals surface area contributed by atoms with Gasteiger partial charge in [-0.05, 0) is 43.0 Å². The Hall–Kier alpha value is -2.27. The van der Waals surface area contributed by atoms with E-state index < -0.39 is 0 Å². The number of piperidine rings is 1. The van der Waals surface area contributed by atoms with Gasteiger partial charge in [0.1, 0.15) is 17.3 Å². The highest BCUT2D eigenvalue weighted by molar-refractivity contribution is 5.41. The van der Waals surface area contributed by atoms with Gasteiger partial charge in [0.15, 0.2) is 0 Å². The van der Waals surface area contributed by atoms with Crippen LogP contribution in [0.3, 0.4) is 0 Å². The van der Waals surface area contributed by atoms with E-state index in [-0.39, 0.29) is 0 Å². The van der Waals surface area contributed by atoms with E-state index in [2.05, 4.69) is 33.4 Å². The van der Waals surface area contributed by atoms with Crippen LogP contribution in [0.5, 0.6) is 0 Å².